The Kier molecular flexibility index (Phi) is 5.31. The van der Waals surface area contributed by atoms with Gasteiger partial charge in [-0.25, -0.2) is 9.78 Å². The zero-order valence-corrected chi connectivity index (χ0v) is 13.0. The highest BCUT2D eigenvalue weighted by atomic mass is 32.1. The topological polar surface area (TPSA) is 77.2 Å². The van der Waals surface area contributed by atoms with Crippen molar-refractivity contribution in [2.45, 2.75) is 52.2 Å². The number of hydrogen-bond donors (Lipinski definition) is 2. The number of hydrogen-bond acceptors (Lipinski definition) is 5. The van der Waals surface area contributed by atoms with Gasteiger partial charge in [0.15, 0.2) is 0 Å². The van der Waals surface area contributed by atoms with Crippen molar-refractivity contribution < 1.29 is 9.53 Å². The van der Waals surface area contributed by atoms with Gasteiger partial charge in [-0.15, -0.1) is 11.3 Å². The molecule has 6 heteroatoms. The predicted octanol–water partition coefficient (Wildman–Crippen LogP) is 2.79. The molecule has 0 radical (unpaired) electrons. The minimum atomic E-state index is -0.514. The highest BCUT2D eigenvalue weighted by molar-refractivity contribution is 7.11. The van der Waals surface area contributed by atoms with Crippen molar-refractivity contribution in [3.63, 3.8) is 0 Å². The van der Waals surface area contributed by atoms with E-state index >= 15 is 0 Å². The first-order chi connectivity index (χ1) is 8.73. The summed E-state index contributed by atoms with van der Waals surface area (Å²) >= 11 is 1.57. The normalized spacial score (nSPS) is 13.4. The van der Waals surface area contributed by atoms with E-state index in [2.05, 4.69) is 24.1 Å². The fraction of sp³-hybridized carbons (Fsp3) is 0.692. The second kappa shape index (κ2) is 6.34. The van der Waals surface area contributed by atoms with Gasteiger partial charge >= 0.3 is 6.09 Å². The summed E-state index contributed by atoms with van der Waals surface area (Å²) in [5, 5.41) is 3.82. The molecule has 5 nitrogen and oxygen atoms in total. The van der Waals surface area contributed by atoms with Gasteiger partial charge in [0, 0.05) is 23.5 Å². The third-order valence-electron chi connectivity index (χ3n) is 2.31. The molecule has 1 atom stereocenters. The van der Waals surface area contributed by atoms with Gasteiger partial charge in [0.05, 0.1) is 11.0 Å². The molecule has 0 saturated heterocycles. The molecule has 1 unspecified atom stereocenters. The first kappa shape index (κ1) is 15.9. The summed E-state index contributed by atoms with van der Waals surface area (Å²) in [5.74, 6) is 0.374. The number of alkyl carbamates (subject to hydrolysis) is 1. The number of rotatable bonds is 4. The van der Waals surface area contributed by atoms with Crippen LogP contribution in [0.5, 0.6) is 0 Å². The molecule has 108 valence electrons. The molecule has 1 amide bonds. The van der Waals surface area contributed by atoms with E-state index in [1.807, 2.05) is 20.8 Å². The zero-order valence-electron chi connectivity index (χ0n) is 12.2. The molecule has 0 fully saturated rings. The molecule has 0 bridgehead atoms. The van der Waals surface area contributed by atoms with Crippen molar-refractivity contribution in [1.29, 1.82) is 0 Å². The summed E-state index contributed by atoms with van der Waals surface area (Å²) in [4.78, 5) is 17.0. The molecular formula is C13H23N3O2S. The lowest BCUT2D eigenvalue weighted by Crippen LogP contribution is -2.37. The summed E-state index contributed by atoms with van der Waals surface area (Å²) in [6.45, 7) is 9.97. The first-order valence-electron chi connectivity index (χ1n) is 6.38. The summed E-state index contributed by atoms with van der Waals surface area (Å²) in [6, 6.07) is -0.250. The van der Waals surface area contributed by atoms with Gasteiger partial charge in [-0.3, -0.25) is 0 Å². The van der Waals surface area contributed by atoms with Gasteiger partial charge < -0.3 is 15.8 Å². The highest BCUT2D eigenvalue weighted by Crippen LogP contribution is 2.25. The van der Waals surface area contributed by atoms with Crippen molar-refractivity contribution in [2.75, 3.05) is 6.54 Å². The minimum Gasteiger partial charge on any atom is -0.444 e. The Balaban J connectivity index is 2.69. The average molecular weight is 285 g/mol. The van der Waals surface area contributed by atoms with Gasteiger partial charge in [0.1, 0.15) is 5.60 Å². The Morgan fingerprint density at radius 2 is 2.16 bits per heavy atom. The molecule has 1 aromatic heterocycles. The van der Waals surface area contributed by atoms with Crippen molar-refractivity contribution in [3.8, 4) is 0 Å². The zero-order chi connectivity index (χ0) is 14.6. The van der Waals surface area contributed by atoms with Crippen LogP contribution in [-0.4, -0.2) is 23.2 Å². The maximum absolute atomic E-state index is 11.7. The Labute approximate surface area is 118 Å². The molecular weight excluding hydrogens is 262 g/mol. The number of ether oxygens (including phenoxy) is 1. The van der Waals surface area contributed by atoms with Crippen LogP contribution in [0, 0.1) is 0 Å². The number of carbonyl (C=O) groups excluding carboxylic acids is 1. The van der Waals surface area contributed by atoms with Crippen LogP contribution in [0.1, 0.15) is 56.5 Å². The van der Waals surface area contributed by atoms with Gasteiger partial charge in [0.2, 0.25) is 0 Å². The monoisotopic (exact) mass is 285 g/mol. The molecule has 3 N–H and O–H groups in total. The van der Waals surface area contributed by atoms with E-state index in [1.54, 1.807) is 17.5 Å². The fourth-order valence-electron chi connectivity index (χ4n) is 1.42. The van der Waals surface area contributed by atoms with E-state index in [0.717, 1.165) is 9.88 Å². The Morgan fingerprint density at radius 3 is 2.58 bits per heavy atom. The SMILES string of the molecule is CC(C)c1ncc(C(CN)NC(=O)OC(C)(C)C)s1. The third-order valence-corrected chi connectivity index (χ3v) is 3.72. The summed E-state index contributed by atoms with van der Waals surface area (Å²) in [7, 11) is 0. The molecule has 0 spiro atoms. The van der Waals surface area contributed by atoms with Crippen LogP contribution in [0.3, 0.4) is 0 Å². The summed E-state index contributed by atoms with van der Waals surface area (Å²) in [5.41, 5.74) is 5.20. The molecule has 1 heterocycles. The van der Waals surface area contributed by atoms with E-state index in [1.165, 1.54) is 0 Å². The summed E-state index contributed by atoms with van der Waals surface area (Å²) in [6.07, 6.45) is 1.32. The average Bonchev–Trinajstić information content (AvgIpc) is 2.72. The van der Waals surface area contributed by atoms with Crippen molar-refractivity contribution >= 4 is 17.4 Å². The van der Waals surface area contributed by atoms with E-state index in [-0.39, 0.29) is 6.04 Å². The van der Waals surface area contributed by atoms with E-state index < -0.39 is 11.7 Å². The highest BCUT2D eigenvalue weighted by Gasteiger charge is 2.21. The Hall–Kier alpha value is -1.14. The molecule has 1 rings (SSSR count). The number of nitrogens with one attached hydrogen (secondary N) is 1. The lowest BCUT2D eigenvalue weighted by Gasteiger charge is -2.22. The number of nitrogens with two attached hydrogens (primary N) is 1. The molecule has 0 aliphatic rings. The second-order valence-corrected chi connectivity index (χ2v) is 6.78. The first-order valence-corrected chi connectivity index (χ1v) is 7.19. The van der Waals surface area contributed by atoms with E-state index in [4.69, 9.17) is 10.5 Å². The molecule has 0 saturated carbocycles. The van der Waals surface area contributed by atoms with Gasteiger partial charge in [-0.2, -0.15) is 0 Å². The smallest absolute Gasteiger partial charge is 0.408 e. The van der Waals surface area contributed by atoms with Crippen LogP contribution in [0.2, 0.25) is 0 Å². The maximum Gasteiger partial charge on any atom is 0.408 e. The molecule has 0 aliphatic carbocycles. The third kappa shape index (κ3) is 5.16. The minimum absolute atomic E-state index is 0.250. The number of amides is 1. The fourth-order valence-corrected chi connectivity index (χ4v) is 2.41. The second-order valence-electron chi connectivity index (χ2n) is 5.69. The van der Waals surface area contributed by atoms with Crippen molar-refractivity contribution in [1.82, 2.24) is 10.3 Å². The number of nitrogens with zero attached hydrogens (tertiary/aromatic N) is 1. The summed E-state index contributed by atoms with van der Waals surface area (Å²) < 4.78 is 5.22. The molecule has 0 aromatic carbocycles. The van der Waals surface area contributed by atoms with Crippen LogP contribution in [-0.2, 0) is 4.74 Å². The predicted molar refractivity (Wildman–Crippen MR) is 77.4 cm³/mol. The molecule has 19 heavy (non-hydrogen) atoms. The molecule has 0 aliphatic heterocycles. The van der Waals surface area contributed by atoms with E-state index in [9.17, 15) is 4.79 Å². The Bertz CT molecular complexity index is 424. The van der Waals surface area contributed by atoms with Crippen molar-refractivity contribution in [2.24, 2.45) is 5.73 Å². The van der Waals surface area contributed by atoms with Gasteiger partial charge in [0.25, 0.3) is 0 Å². The van der Waals surface area contributed by atoms with Crippen LogP contribution < -0.4 is 11.1 Å². The standard InChI is InChI=1S/C13H23N3O2S/c1-8(2)11-15-7-10(19-11)9(6-14)16-12(17)18-13(3,4)5/h7-9H,6,14H2,1-5H3,(H,16,17). The van der Waals surface area contributed by atoms with Crippen LogP contribution >= 0.6 is 11.3 Å². The maximum atomic E-state index is 11.7. The number of carbonyl (C=O) groups is 1. The van der Waals surface area contributed by atoms with Crippen LogP contribution in [0.25, 0.3) is 0 Å². The molecule has 1 aromatic rings. The lowest BCUT2D eigenvalue weighted by atomic mass is 10.2. The van der Waals surface area contributed by atoms with Gasteiger partial charge in [-0.1, -0.05) is 13.8 Å². The number of thiazole rings is 1. The van der Waals surface area contributed by atoms with Crippen LogP contribution in [0.4, 0.5) is 4.79 Å². The quantitative estimate of drug-likeness (QED) is 0.891. The van der Waals surface area contributed by atoms with Gasteiger partial charge in [-0.05, 0) is 20.8 Å². The van der Waals surface area contributed by atoms with Crippen LogP contribution in [0.15, 0.2) is 6.20 Å². The van der Waals surface area contributed by atoms with E-state index in [0.29, 0.717) is 12.5 Å². The Morgan fingerprint density at radius 1 is 1.53 bits per heavy atom. The number of aromatic nitrogens is 1. The van der Waals surface area contributed by atoms with Crippen molar-refractivity contribution in [3.05, 3.63) is 16.1 Å². The lowest BCUT2D eigenvalue weighted by molar-refractivity contribution is 0.0506. The largest absolute Gasteiger partial charge is 0.444 e.